The van der Waals surface area contributed by atoms with Crippen LogP contribution in [0, 0.1) is 5.82 Å². The second-order valence-corrected chi connectivity index (χ2v) is 4.65. The minimum Gasteiger partial charge on any atom is -0.364 e. The molecule has 2 nitrogen and oxygen atoms in total. The standard InChI is InChI=1S/C13H15FN2S/c1-16(12-5-3-2-4-11(12)14)13(8-15)10-6-7-17-9-10/h2-7,9,13H,8,15H2,1H3. The molecule has 0 radical (unpaired) electrons. The number of benzene rings is 1. The predicted octanol–water partition coefficient (Wildman–Crippen LogP) is 3.02. The number of rotatable bonds is 4. The summed E-state index contributed by atoms with van der Waals surface area (Å²) < 4.78 is 13.7. The van der Waals surface area contributed by atoms with Crippen LogP contribution in [0.5, 0.6) is 0 Å². The van der Waals surface area contributed by atoms with Crippen molar-refractivity contribution in [1.29, 1.82) is 0 Å². The fraction of sp³-hybridized carbons (Fsp3) is 0.231. The molecule has 0 aliphatic rings. The van der Waals surface area contributed by atoms with Gasteiger partial charge in [0.15, 0.2) is 0 Å². The first-order valence-electron chi connectivity index (χ1n) is 5.43. The van der Waals surface area contributed by atoms with Crippen LogP contribution in [-0.4, -0.2) is 13.6 Å². The van der Waals surface area contributed by atoms with Crippen molar-refractivity contribution in [2.24, 2.45) is 5.73 Å². The van der Waals surface area contributed by atoms with Crippen molar-refractivity contribution in [3.63, 3.8) is 0 Å². The van der Waals surface area contributed by atoms with Crippen LogP contribution in [0.4, 0.5) is 10.1 Å². The maximum absolute atomic E-state index is 13.7. The van der Waals surface area contributed by atoms with E-state index in [4.69, 9.17) is 5.73 Å². The number of para-hydroxylation sites is 1. The number of halogens is 1. The van der Waals surface area contributed by atoms with E-state index in [1.165, 1.54) is 6.07 Å². The zero-order chi connectivity index (χ0) is 12.3. The van der Waals surface area contributed by atoms with Crippen molar-refractivity contribution < 1.29 is 4.39 Å². The molecule has 2 rings (SSSR count). The molecular formula is C13H15FN2S. The van der Waals surface area contributed by atoms with Crippen molar-refractivity contribution >= 4 is 17.0 Å². The Hall–Kier alpha value is -1.39. The molecule has 1 aromatic carbocycles. The van der Waals surface area contributed by atoms with E-state index in [9.17, 15) is 4.39 Å². The Kier molecular flexibility index (Phi) is 3.76. The Labute approximate surface area is 104 Å². The van der Waals surface area contributed by atoms with E-state index >= 15 is 0 Å². The third-order valence-electron chi connectivity index (χ3n) is 2.85. The summed E-state index contributed by atoms with van der Waals surface area (Å²) in [5, 5.41) is 4.06. The van der Waals surface area contributed by atoms with Gasteiger partial charge < -0.3 is 10.6 Å². The minimum absolute atomic E-state index is 0.0122. The summed E-state index contributed by atoms with van der Waals surface area (Å²) in [6.07, 6.45) is 0. The smallest absolute Gasteiger partial charge is 0.146 e. The number of nitrogens with two attached hydrogens (primary N) is 1. The first kappa shape index (κ1) is 12.1. The van der Waals surface area contributed by atoms with Gasteiger partial charge in [-0.15, -0.1) is 0 Å². The molecule has 1 unspecified atom stereocenters. The molecule has 17 heavy (non-hydrogen) atoms. The fourth-order valence-corrected chi connectivity index (χ4v) is 2.60. The molecule has 0 aliphatic heterocycles. The minimum atomic E-state index is -0.219. The second-order valence-electron chi connectivity index (χ2n) is 3.87. The van der Waals surface area contributed by atoms with Gasteiger partial charge in [0.05, 0.1) is 11.7 Å². The van der Waals surface area contributed by atoms with E-state index in [2.05, 4.69) is 5.38 Å². The molecular weight excluding hydrogens is 235 g/mol. The van der Waals surface area contributed by atoms with Gasteiger partial charge in [-0.05, 0) is 34.5 Å². The lowest BCUT2D eigenvalue weighted by Gasteiger charge is -2.29. The molecule has 4 heteroatoms. The molecule has 0 spiro atoms. The van der Waals surface area contributed by atoms with Gasteiger partial charge in [0, 0.05) is 13.6 Å². The van der Waals surface area contributed by atoms with Crippen LogP contribution < -0.4 is 10.6 Å². The Morgan fingerprint density at radius 3 is 2.71 bits per heavy atom. The predicted molar refractivity (Wildman–Crippen MR) is 70.9 cm³/mol. The average Bonchev–Trinajstić information content (AvgIpc) is 2.84. The summed E-state index contributed by atoms with van der Waals surface area (Å²) >= 11 is 1.62. The Morgan fingerprint density at radius 2 is 2.12 bits per heavy atom. The first-order chi connectivity index (χ1) is 8.24. The quantitative estimate of drug-likeness (QED) is 0.903. The van der Waals surface area contributed by atoms with E-state index in [0.717, 1.165) is 5.56 Å². The van der Waals surface area contributed by atoms with E-state index in [1.807, 2.05) is 29.5 Å². The number of hydrogen-bond acceptors (Lipinski definition) is 3. The highest BCUT2D eigenvalue weighted by atomic mass is 32.1. The largest absolute Gasteiger partial charge is 0.364 e. The van der Waals surface area contributed by atoms with Crippen molar-refractivity contribution in [1.82, 2.24) is 0 Å². The zero-order valence-electron chi connectivity index (χ0n) is 9.64. The van der Waals surface area contributed by atoms with Crippen LogP contribution in [0.3, 0.4) is 0 Å². The maximum atomic E-state index is 13.7. The highest BCUT2D eigenvalue weighted by molar-refractivity contribution is 7.08. The second kappa shape index (κ2) is 5.29. The summed E-state index contributed by atoms with van der Waals surface area (Å²) in [5.41, 5.74) is 7.50. The van der Waals surface area contributed by atoms with Crippen LogP contribution in [-0.2, 0) is 0 Å². The van der Waals surface area contributed by atoms with Crippen LogP contribution in [0.1, 0.15) is 11.6 Å². The maximum Gasteiger partial charge on any atom is 0.146 e. The Bertz CT molecular complexity index is 470. The molecule has 1 aromatic heterocycles. The van der Waals surface area contributed by atoms with Gasteiger partial charge in [0.1, 0.15) is 5.82 Å². The van der Waals surface area contributed by atoms with Crippen LogP contribution >= 0.6 is 11.3 Å². The SMILES string of the molecule is CN(c1ccccc1F)C(CN)c1ccsc1. The number of thiophene rings is 1. The van der Waals surface area contributed by atoms with Gasteiger partial charge in [0.2, 0.25) is 0 Å². The summed E-state index contributed by atoms with van der Waals surface area (Å²) in [5.74, 6) is -0.219. The molecule has 0 bridgehead atoms. The number of hydrogen-bond donors (Lipinski definition) is 1. The van der Waals surface area contributed by atoms with Gasteiger partial charge in [-0.2, -0.15) is 11.3 Å². The zero-order valence-corrected chi connectivity index (χ0v) is 10.5. The summed E-state index contributed by atoms with van der Waals surface area (Å²) in [6, 6.07) is 8.79. The molecule has 0 amide bonds. The molecule has 90 valence electrons. The Morgan fingerprint density at radius 1 is 1.35 bits per heavy atom. The lowest BCUT2D eigenvalue weighted by atomic mass is 10.1. The highest BCUT2D eigenvalue weighted by Crippen LogP contribution is 2.27. The normalized spacial score (nSPS) is 12.4. The summed E-state index contributed by atoms with van der Waals surface area (Å²) in [7, 11) is 1.87. The van der Waals surface area contributed by atoms with E-state index in [1.54, 1.807) is 23.5 Å². The van der Waals surface area contributed by atoms with Crippen LogP contribution in [0.2, 0.25) is 0 Å². The van der Waals surface area contributed by atoms with Crippen molar-refractivity contribution in [3.05, 3.63) is 52.5 Å². The summed E-state index contributed by atoms with van der Waals surface area (Å²) in [6.45, 7) is 0.460. The van der Waals surface area contributed by atoms with Gasteiger partial charge in [-0.3, -0.25) is 0 Å². The Balaban J connectivity index is 2.30. The van der Waals surface area contributed by atoms with Gasteiger partial charge in [-0.25, -0.2) is 4.39 Å². The average molecular weight is 250 g/mol. The lowest BCUT2D eigenvalue weighted by molar-refractivity contribution is 0.604. The van der Waals surface area contributed by atoms with E-state index < -0.39 is 0 Å². The first-order valence-corrected chi connectivity index (χ1v) is 6.38. The highest BCUT2D eigenvalue weighted by Gasteiger charge is 2.18. The van der Waals surface area contributed by atoms with Gasteiger partial charge in [0.25, 0.3) is 0 Å². The third-order valence-corrected chi connectivity index (χ3v) is 3.55. The molecule has 1 atom stereocenters. The van der Waals surface area contributed by atoms with Gasteiger partial charge >= 0.3 is 0 Å². The molecule has 2 N–H and O–H groups in total. The summed E-state index contributed by atoms with van der Waals surface area (Å²) in [4.78, 5) is 1.89. The number of likely N-dealkylation sites (N-methyl/N-ethyl adjacent to an activating group) is 1. The van der Waals surface area contributed by atoms with Crippen LogP contribution in [0.15, 0.2) is 41.1 Å². The topological polar surface area (TPSA) is 29.3 Å². The van der Waals surface area contributed by atoms with Crippen molar-refractivity contribution in [2.45, 2.75) is 6.04 Å². The van der Waals surface area contributed by atoms with E-state index in [0.29, 0.717) is 12.2 Å². The fourth-order valence-electron chi connectivity index (χ4n) is 1.89. The number of nitrogens with zero attached hydrogens (tertiary/aromatic N) is 1. The van der Waals surface area contributed by atoms with Gasteiger partial charge in [-0.1, -0.05) is 12.1 Å². The third kappa shape index (κ3) is 2.48. The molecule has 0 saturated carbocycles. The monoisotopic (exact) mass is 250 g/mol. The lowest BCUT2D eigenvalue weighted by Crippen LogP contribution is -2.30. The molecule has 0 saturated heterocycles. The van der Waals surface area contributed by atoms with E-state index in [-0.39, 0.29) is 11.9 Å². The molecule has 1 heterocycles. The number of anilines is 1. The van der Waals surface area contributed by atoms with Crippen molar-refractivity contribution in [3.8, 4) is 0 Å². The van der Waals surface area contributed by atoms with Crippen LogP contribution in [0.25, 0.3) is 0 Å². The molecule has 0 fully saturated rings. The molecule has 2 aromatic rings. The molecule has 0 aliphatic carbocycles. The van der Waals surface area contributed by atoms with Crippen molar-refractivity contribution in [2.75, 3.05) is 18.5 Å².